The maximum Gasteiger partial charge on any atom is 0.265 e. The van der Waals surface area contributed by atoms with Gasteiger partial charge in [0.1, 0.15) is 0 Å². The molecule has 0 heterocycles. The van der Waals surface area contributed by atoms with Crippen molar-refractivity contribution in [1.29, 1.82) is 10.5 Å². The molecule has 78 valence electrons. The van der Waals surface area contributed by atoms with Gasteiger partial charge in [-0.15, -0.1) is 0 Å². The lowest BCUT2D eigenvalue weighted by Gasteiger charge is -2.10. The first-order valence-corrected chi connectivity index (χ1v) is 5.79. The number of rotatable bonds is 6. The zero-order valence-corrected chi connectivity index (χ0v) is 8.50. The van der Waals surface area contributed by atoms with E-state index in [2.05, 4.69) is 0 Å². The first kappa shape index (κ1) is 12.9. The second-order valence-corrected chi connectivity index (χ2v) is 4.51. The van der Waals surface area contributed by atoms with Crippen molar-refractivity contribution in [3.05, 3.63) is 0 Å². The van der Waals surface area contributed by atoms with Crippen LogP contribution in [0.25, 0.3) is 0 Å². The summed E-state index contributed by atoms with van der Waals surface area (Å²) in [6.45, 7) is 0. The van der Waals surface area contributed by atoms with Gasteiger partial charge in [-0.05, 0) is 18.8 Å². The normalized spacial score (nSPS) is 10.9. The van der Waals surface area contributed by atoms with Crippen LogP contribution < -0.4 is 0 Å². The van der Waals surface area contributed by atoms with Crippen LogP contribution in [0.3, 0.4) is 0 Å². The van der Waals surface area contributed by atoms with Gasteiger partial charge in [-0.1, -0.05) is 0 Å². The van der Waals surface area contributed by atoms with Crippen LogP contribution in [0.15, 0.2) is 0 Å². The van der Waals surface area contributed by atoms with Crippen molar-refractivity contribution >= 4 is 10.1 Å². The summed E-state index contributed by atoms with van der Waals surface area (Å²) in [5.41, 5.74) is 0. The topological polar surface area (TPSA) is 102 Å². The van der Waals surface area contributed by atoms with Gasteiger partial charge >= 0.3 is 0 Å². The minimum absolute atomic E-state index is 0.242. The van der Waals surface area contributed by atoms with E-state index >= 15 is 0 Å². The standard InChI is InChI=1S/C8H12N2O3S/c9-5-1-3-8(4-2-6-10)7-14(11,12)13/h8H,1-4,7H2,(H,11,12,13). The molecule has 0 atom stereocenters. The van der Waals surface area contributed by atoms with Gasteiger partial charge in [0.25, 0.3) is 10.1 Å². The second-order valence-electron chi connectivity index (χ2n) is 3.01. The highest BCUT2D eigenvalue weighted by Crippen LogP contribution is 2.15. The molecule has 0 aromatic heterocycles. The van der Waals surface area contributed by atoms with E-state index in [4.69, 9.17) is 15.1 Å². The molecule has 6 heteroatoms. The average molecular weight is 216 g/mol. The number of hydrogen-bond acceptors (Lipinski definition) is 4. The van der Waals surface area contributed by atoms with E-state index in [0.717, 1.165) is 0 Å². The van der Waals surface area contributed by atoms with Crippen LogP contribution in [0.2, 0.25) is 0 Å². The van der Waals surface area contributed by atoms with Gasteiger partial charge in [-0.25, -0.2) is 0 Å². The van der Waals surface area contributed by atoms with Gasteiger partial charge < -0.3 is 0 Å². The molecule has 14 heavy (non-hydrogen) atoms. The van der Waals surface area contributed by atoms with E-state index in [1.807, 2.05) is 12.1 Å². The van der Waals surface area contributed by atoms with Crippen molar-refractivity contribution in [2.75, 3.05) is 5.75 Å². The van der Waals surface area contributed by atoms with Crippen molar-refractivity contribution in [1.82, 2.24) is 0 Å². The molecule has 0 radical (unpaired) electrons. The van der Waals surface area contributed by atoms with Gasteiger partial charge in [0.2, 0.25) is 0 Å². The lowest BCUT2D eigenvalue weighted by molar-refractivity contribution is 0.445. The van der Waals surface area contributed by atoms with Crippen molar-refractivity contribution in [2.24, 2.45) is 5.92 Å². The summed E-state index contributed by atoms with van der Waals surface area (Å²) in [6.07, 6.45) is 1.28. The molecule has 0 aliphatic rings. The van der Waals surface area contributed by atoms with Crippen molar-refractivity contribution in [2.45, 2.75) is 25.7 Å². The molecule has 0 aliphatic carbocycles. The smallest absolute Gasteiger partial charge is 0.265 e. The Hall–Kier alpha value is -1.11. The zero-order chi connectivity index (χ0) is 11.0. The predicted molar refractivity (Wildman–Crippen MR) is 49.6 cm³/mol. The molecule has 0 aromatic rings. The molecule has 0 saturated heterocycles. The average Bonchev–Trinajstić information content (AvgIpc) is 2.07. The molecule has 0 saturated carbocycles. The van der Waals surface area contributed by atoms with Crippen molar-refractivity contribution < 1.29 is 13.0 Å². The molecule has 0 rings (SSSR count). The van der Waals surface area contributed by atoms with Crippen LogP contribution in [0.5, 0.6) is 0 Å². The summed E-state index contributed by atoms with van der Waals surface area (Å²) in [5, 5.41) is 16.6. The molecule has 1 N–H and O–H groups in total. The van der Waals surface area contributed by atoms with E-state index in [0.29, 0.717) is 12.8 Å². The third kappa shape index (κ3) is 7.53. The molecule has 0 amide bonds. The fourth-order valence-electron chi connectivity index (χ4n) is 1.15. The van der Waals surface area contributed by atoms with Crippen LogP contribution in [0, 0.1) is 28.6 Å². The molecule has 0 spiro atoms. The quantitative estimate of drug-likeness (QED) is 0.670. The first-order valence-electron chi connectivity index (χ1n) is 4.18. The summed E-state index contributed by atoms with van der Waals surface area (Å²) in [4.78, 5) is 0. The number of nitrogens with zero attached hydrogens (tertiary/aromatic N) is 2. The lowest BCUT2D eigenvalue weighted by Crippen LogP contribution is -2.15. The Morgan fingerprint density at radius 3 is 1.86 bits per heavy atom. The Balaban J connectivity index is 4.13. The maximum absolute atomic E-state index is 10.6. The number of hydrogen-bond donors (Lipinski definition) is 1. The van der Waals surface area contributed by atoms with Crippen LogP contribution >= 0.6 is 0 Å². The third-order valence-corrected chi connectivity index (χ3v) is 2.67. The van der Waals surface area contributed by atoms with E-state index in [1.165, 1.54) is 0 Å². The molecule has 0 fully saturated rings. The summed E-state index contributed by atoms with van der Waals surface area (Å²) >= 11 is 0. The van der Waals surface area contributed by atoms with E-state index < -0.39 is 10.1 Å². The van der Waals surface area contributed by atoms with Gasteiger partial charge in [0.05, 0.1) is 17.9 Å². The minimum Gasteiger partial charge on any atom is -0.286 e. The SMILES string of the molecule is N#CCCC(CCC#N)CS(=O)(=O)O. The van der Waals surface area contributed by atoms with Crippen molar-refractivity contribution in [3.8, 4) is 12.1 Å². The second kappa shape index (κ2) is 6.36. The van der Waals surface area contributed by atoms with Gasteiger partial charge in [-0.3, -0.25) is 4.55 Å². The summed E-state index contributed by atoms with van der Waals surface area (Å²) in [7, 11) is -4.00. The summed E-state index contributed by atoms with van der Waals surface area (Å²) in [6, 6.07) is 3.80. The fourth-order valence-corrected chi connectivity index (χ4v) is 2.08. The molecule has 0 aliphatic heterocycles. The molecular weight excluding hydrogens is 204 g/mol. The Morgan fingerprint density at radius 1 is 1.14 bits per heavy atom. The summed E-state index contributed by atoms with van der Waals surface area (Å²) in [5.74, 6) is -0.666. The monoisotopic (exact) mass is 216 g/mol. The zero-order valence-electron chi connectivity index (χ0n) is 7.68. The van der Waals surface area contributed by atoms with E-state index in [9.17, 15) is 8.42 Å². The Labute approximate surface area is 83.7 Å². The predicted octanol–water partition coefficient (Wildman–Crippen LogP) is 1.10. The van der Waals surface area contributed by atoms with Crippen LogP contribution in [-0.4, -0.2) is 18.7 Å². The van der Waals surface area contributed by atoms with Gasteiger partial charge in [0, 0.05) is 12.8 Å². The van der Waals surface area contributed by atoms with Crippen LogP contribution in [-0.2, 0) is 10.1 Å². The molecular formula is C8H12N2O3S. The summed E-state index contributed by atoms with van der Waals surface area (Å²) < 4.78 is 29.7. The molecule has 5 nitrogen and oxygen atoms in total. The Morgan fingerprint density at radius 2 is 1.57 bits per heavy atom. The highest BCUT2D eigenvalue weighted by atomic mass is 32.2. The molecule has 0 unspecified atom stereocenters. The minimum atomic E-state index is -4.00. The van der Waals surface area contributed by atoms with Gasteiger partial charge in [0.15, 0.2) is 0 Å². The third-order valence-electron chi connectivity index (χ3n) is 1.78. The van der Waals surface area contributed by atoms with Crippen molar-refractivity contribution in [3.63, 3.8) is 0 Å². The van der Waals surface area contributed by atoms with Crippen LogP contribution in [0.1, 0.15) is 25.7 Å². The fraction of sp³-hybridized carbons (Fsp3) is 0.750. The van der Waals surface area contributed by atoms with Crippen LogP contribution in [0.4, 0.5) is 0 Å². The molecule has 0 aromatic carbocycles. The Kier molecular flexibility index (Phi) is 5.86. The molecule has 0 bridgehead atoms. The highest BCUT2D eigenvalue weighted by molar-refractivity contribution is 7.85. The Bertz CT molecular complexity index is 319. The lowest BCUT2D eigenvalue weighted by atomic mass is 10.0. The highest BCUT2D eigenvalue weighted by Gasteiger charge is 2.16. The number of nitriles is 2. The maximum atomic E-state index is 10.6. The van der Waals surface area contributed by atoms with E-state index in [1.54, 1.807) is 0 Å². The largest absolute Gasteiger partial charge is 0.286 e. The van der Waals surface area contributed by atoms with Gasteiger partial charge in [-0.2, -0.15) is 18.9 Å². The van der Waals surface area contributed by atoms with E-state index in [-0.39, 0.29) is 24.5 Å². The first-order chi connectivity index (χ1) is 6.49.